The Morgan fingerprint density at radius 3 is 2.70 bits per heavy atom. The van der Waals surface area contributed by atoms with E-state index in [1.807, 2.05) is 0 Å². The minimum atomic E-state index is -0.384. The summed E-state index contributed by atoms with van der Waals surface area (Å²) in [6, 6.07) is 0.527. The molecule has 0 aromatic rings. The van der Waals surface area contributed by atoms with Gasteiger partial charge in [0.1, 0.15) is 0 Å². The molecule has 3 heteroatoms. The van der Waals surface area contributed by atoms with Gasteiger partial charge in [0.2, 0.25) is 0 Å². The van der Waals surface area contributed by atoms with Gasteiger partial charge in [-0.15, -0.1) is 0 Å². The minimum absolute atomic E-state index is 0.357. The van der Waals surface area contributed by atoms with Crippen LogP contribution in [0, 0.1) is 16.7 Å². The molecule has 20 heavy (non-hydrogen) atoms. The highest BCUT2D eigenvalue weighted by Crippen LogP contribution is 2.62. The van der Waals surface area contributed by atoms with Crippen LogP contribution in [0.1, 0.15) is 59.8 Å². The summed E-state index contributed by atoms with van der Waals surface area (Å²) < 4.78 is 5.50. The van der Waals surface area contributed by atoms with Crippen molar-refractivity contribution in [2.45, 2.75) is 71.9 Å². The second kappa shape index (κ2) is 6.33. The molecule has 2 N–H and O–H groups in total. The summed E-state index contributed by atoms with van der Waals surface area (Å²) >= 11 is 0. The van der Waals surface area contributed by atoms with Crippen molar-refractivity contribution in [1.82, 2.24) is 5.32 Å². The van der Waals surface area contributed by atoms with Gasteiger partial charge in [0, 0.05) is 19.2 Å². The molecule has 2 aliphatic carbocycles. The van der Waals surface area contributed by atoms with Crippen molar-refractivity contribution in [2.75, 3.05) is 19.8 Å². The first kappa shape index (κ1) is 16.3. The average Bonchev–Trinajstić information content (AvgIpc) is 2.85. The van der Waals surface area contributed by atoms with Crippen molar-refractivity contribution < 1.29 is 9.84 Å². The third-order valence-corrected chi connectivity index (χ3v) is 5.78. The Morgan fingerprint density at radius 2 is 2.10 bits per heavy atom. The van der Waals surface area contributed by atoms with Crippen molar-refractivity contribution in [1.29, 1.82) is 0 Å². The first-order valence-corrected chi connectivity index (χ1v) is 8.39. The fourth-order valence-corrected chi connectivity index (χ4v) is 4.59. The summed E-state index contributed by atoms with van der Waals surface area (Å²) in [5.41, 5.74) is 0.784. The SMILES string of the molecule is CCCCOCC(O)CNC1C2(C)CCC(C2)C1(C)C. The average molecular weight is 283 g/mol. The molecule has 2 rings (SSSR count). The molecule has 4 unspecified atom stereocenters. The van der Waals surface area contributed by atoms with Gasteiger partial charge in [-0.05, 0) is 42.4 Å². The van der Waals surface area contributed by atoms with Crippen molar-refractivity contribution >= 4 is 0 Å². The monoisotopic (exact) mass is 283 g/mol. The Morgan fingerprint density at radius 1 is 1.35 bits per heavy atom. The highest BCUT2D eigenvalue weighted by atomic mass is 16.5. The summed E-state index contributed by atoms with van der Waals surface area (Å²) in [5.74, 6) is 0.850. The lowest BCUT2D eigenvalue weighted by Crippen LogP contribution is -2.52. The van der Waals surface area contributed by atoms with E-state index in [0.717, 1.165) is 25.4 Å². The molecule has 0 radical (unpaired) electrons. The highest BCUT2D eigenvalue weighted by Gasteiger charge is 2.58. The molecule has 0 aliphatic heterocycles. The summed E-state index contributed by atoms with van der Waals surface area (Å²) in [5, 5.41) is 13.7. The van der Waals surface area contributed by atoms with Gasteiger partial charge in [-0.1, -0.05) is 34.1 Å². The maximum Gasteiger partial charge on any atom is 0.0897 e. The largest absolute Gasteiger partial charge is 0.389 e. The lowest BCUT2D eigenvalue weighted by atomic mass is 9.68. The maximum atomic E-state index is 10.0. The number of rotatable bonds is 8. The molecule has 0 saturated heterocycles. The predicted molar refractivity (Wildman–Crippen MR) is 82.8 cm³/mol. The Labute approximate surface area is 124 Å². The normalized spacial score (nSPS) is 36.5. The molecular weight excluding hydrogens is 250 g/mol. The number of aliphatic hydroxyl groups is 1. The van der Waals surface area contributed by atoms with E-state index < -0.39 is 0 Å². The van der Waals surface area contributed by atoms with E-state index in [-0.39, 0.29) is 6.10 Å². The van der Waals surface area contributed by atoms with Gasteiger partial charge in [0.05, 0.1) is 12.7 Å². The number of aliphatic hydroxyl groups excluding tert-OH is 1. The topological polar surface area (TPSA) is 41.5 Å². The Hall–Kier alpha value is -0.120. The zero-order valence-corrected chi connectivity index (χ0v) is 13.7. The number of ether oxygens (including phenoxy) is 1. The second-order valence-electron chi connectivity index (χ2n) is 7.84. The molecule has 118 valence electrons. The van der Waals surface area contributed by atoms with Crippen LogP contribution < -0.4 is 5.32 Å². The third-order valence-electron chi connectivity index (χ3n) is 5.78. The zero-order chi connectivity index (χ0) is 14.8. The standard InChI is InChI=1S/C17H33NO2/c1-5-6-9-20-12-14(19)11-18-15-16(2,3)13-7-8-17(15,4)10-13/h13-15,18-19H,5-12H2,1-4H3. The lowest BCUT2D eigenvalue weighted by Gasteiger charge is -2.43. The zero-order valence-electron chi connectivity index (χ0n) is 13.7. The van der Waals surface area contributed by atoms with Gasteiger partial charge < -0.3 is 15.2 Å². The number of fused-ring (bicyclic) bond motifs is 2. The van der Waals surface area contributed by atoms with E-state index >= 15 is 0 Å². The fourth-order valence-electron chi connectivity index (χ4n) is 4.59. The number of unbranched alkanes of at least 4 members (excludes halogenated alkanes) is 1. The van der Waals surface area contributed by atoms with Crippen molar-refractivity contribution in [3.05, 3.63) is 0 Å². The van der Waals surface area contributed by atoms with Crippen LogP contribution in [0.25, 0.3) is 0 Å². The minimum Gasteiger partial charge on any atom is -0.389 e. The van der Waals surface area contributed by atoms with Gasteiger partial charge in [0.25, 0.3) is 0 Å². The van der Waals surface area contributed by atoms with Gasteiger partial charge in [-0.25, -0.2) is 0 Å². The van der Waals surface area contributed by atoms with Crippen LogP contribution in [0.3, 0.4) is 0 Å². The quantitative estimate of drug-likeness (QED) is 0.673. The van der Waals surface area contributed by atoms with Gasteiger partial charge >= 0.3 is 0 Å². The van der Waals surface area contributed by atoms with Gasteiger partial charge in [-0.3, -0.25) is 0 Å². The van der Waals surface area contributed by atoms with E-state index in [1.165, 1.54) is 19.3 Å². The number of hydrogen-bond acceptors (Lipinski definition) is 3. The van der Waals surface area contributed by atoms with E-state index in [2.05, 4.69) is 33.0 Å². The third kappa shape index (κ3) is 3.20. The molecular formula is C17H33NO2. The summed E-state index contributed by atoms with van der Waals surface area (Å²) in [6.45, 7) is 11.2. The molecule has 4 atom stereocenters. The molecule has 0 aromatic heterocycles. The summed E-state index contributed by atoms with van der Waals surface area (Å²) in [4.78, 5) is 0. The van der Waals surface area contributed by atoms with Gasteiger partial charge in [0.15, 0.2) is 0 Å². The van der Waals surface area contributed by atoms with Crippen LogP contribution in [-0.4, -0.2) is 37.0 Å². The summed E-state index contributed by atoms with van der Waals surface area (Å²) in [7, 11) is 0. The molecule has 2 saturated carbocycles. The van der Waals surface area contributed by atoms with E-state index in [0.29, 0.717) is 30.0 Å². The molecule has 2 bridgehead atoms. The van der Waals surface area contributed by atoms with Crippen LogP contribution in [0.5, 0.6) is 0 Å². The van der Waals surface area contributed by atoms with Crippen LogP contribution in [0.2, 0.25) is 0 Å². The molecule has 3 nitrogen and oxygen atoms in total. The van der Waals surface area contributed by atoms with Crippen LogP contribution in [0.15, 0.2) is 0 Å². The first-order valence-electron chi connectivity index (χ1n) is 8.39. The summed E-state index contributed by atoms with van der Waals surface area (Å²) in [6.07, 6.45) is 5.90. The van der Waals surface area contributed by atoms with E-state index in [9.17, 15) is 5.11 Å². The van der Waals surface area contributed by atoms with Crippen LogP contribution >= 0.6 is 0 Å². The number of hydrogen-bond donors (Lipinski definition) is 2. The second-order valence-corrected chi connectivity index (χ2v) is 7.84. The molecule has 0 amide bonds. The molecule has 0 spiro atoms. The van der Waals surface area contributed by atoms with Crippen molar-refractivity contribution in [2.24, 2.45) is 16.7 Å². The first-order chi connectivity index (χ1) is 9.40. The smallest absolute Gasteiger partial charge is 0.0897 e. The number of nitrogens with one attached hydrogen (secondary N) is 1. The lowest BCUT2D eigenvalue weighted by molar-refractivity contribution is 0.0246. The maximum absolute atomic E-state index is 10.0. The Bertz CT molecular complexity index is 313. The highest BCUT2D eigenvalue weighted by molar-refractivity contribution is 5.12. The Balaban J connectivity index is 1.76. The van der Waals surface area contributed by atoms with Crippen LogP contribution in [-0.2, 0) is 4.74 Å². The molecule has 2 aliphatic rings. The van der Waals surface area contributed by atoms with Crippen LogP contribution in [0.4, 0.5) is 0 Å². The molecule has 2 fully saturated rings. The fraction of sp³-hybridized carbons (Fsp3) is 1.00. The van der Waals surface area contributed by atoms with E-state index in [1.54, 1.807) is 0 Å². The van der Waals surface area contributed by atoms with Crippen molar-refractivity contribution in [3.63, 3.8) is 0 Å². The van der Waals surface area contributed by atoms with Gasteiger partial charge in [-0.2, -0.15) is 0 Å². The van der Waals surface area contributed by atoms with Crippen molar-refractivity contribution in [3.8, 4) is 0 Å². The molecule has 0 heterocycles. The molecule has 0 aromatic carbocycles. The predicted octanol–water partition coefficient (Wildman–Crippen LogP) is 2.97. The van der Waals surface area contributed by atoms with E-state index in [4.69, 9.17) is 4.74 Å². The Kier molecular flexibility index (Phi) is 5.14.